The Labute approximate surface area is 176 Å². The number of carbonyl (C=O) groups excluding carboxylic acids is 2. The Morgan fingerprint density at radius 3 is 2.27 bits per heavy atom. The van der Waals surface area contributed by atoms with Crippen molar-refractivity contribution in [2.24, 2.45) is 0 Å². The number of carbonyl (C=O) groups is 2. The number of alkyl halides is 4. The number of hydrogen-bond acceptors (Lipinski definition) is 4. The Kier molecular flexibility index (Phi) is 8.44. The van der Waals surface area contributed by atoms with Crippen molar-refractivity contribution in [2.75, 3.05) is 17.7 Å². The lowest BCUT2D eigenvalue weighted by Gasteiger charge is -2.16. The third-order valence-electron chi connectivity index (χ3n) is 3.43. The minimum absolute atomic E-state index is 0.0785. The minimum atomic E-state index is -4.08. The summed E-state index contributed by atoms with van der Waals surface area (Å²) in [5.74, 6) is -3.40. The van der Waals surface area contributed by atoms with E-state index in [4.69, 9.17) is 0 Å². The largest absolute Gasteiger partial charge is 0.400 e. The smallest absolute Gasteiger partial charge is 0.316 e. The second-order valence-electron chi connectivity index (χ2n) is 5.59. The van der Waals surface area contributed by atoms with Gasteiger partial charge in [-0.1, -0.05) is 17.7 Å². The molecule has 0 spiro atoms. The van der Waals surface area contributed by atoms with Gasteiger partial charge in [-0.2, -0.15) is 8.78 Å². The van der Waals surface area contributed by atoms with Gasteiger partial charge in [-0.05, 0) is 36.4 Å². The van der Waals surface area contributed by atoms with Gasteiger partial charge in [0.25, 0.3) is 11.5 Å². The van der Waals surface area contributed by atoms with Crippen LogP contribution in [0.1, 0.15) is 10.4 Å². The maximum atomic E-state index is 13.5. The molecule has 0 fully saturated rings. The van der Waals surface area contributed by atoms with Gasteiger partial charge in [0.2, 0.25) is 0 Å². The lowest BCUT2D eigenvalue weighted by Crippen LogP contribution is -2.35. The standard InChI is InChI=1S/C18H14ClF5N2O3S/c19-16(22)18(23,24)29-8-9-30-11-6-4-10(5-7-11)25-17(28)26-15(27)14-12(20)2-1-3-13(14)21/h1-7,16H,8-9H2,(H2,25,26,27,28). The number of hydrogen-bond donors (Lipinski definition) is 2. The van der Waals surface area contributed by atoms with E-state index in [1.807, 2.05) is 0 Å². The van der Waals surface area contributed by atoms with Gasteiger partial charge in [-0.3, -0.25) is 10.1 Å². The lowest BCUT2D eigenvalue weighted by atomic mass is 10.2. The molecule has 12 heteroatoms. The van der Waals surface area contributed by atoms with E-state index in [1.165, 1.54) is 24.3 Å². The third kappa shape index (κ3) is 6.85. The Hall–Kier alpha value is -2.37. The second-order valence-corrected chi connectivity index (χ2v) is 7.14. The second kappa shape index (κ2) is 10.6. The maximum Gasteiger partial charge on any atom is 0.400 e. The Bertz CT molecular complexity index is 880. The van der Waals surface area contributed by atoms with E-state index in [9.17, 15) is 31.5 Å². The van der Waals surface area contributed by atoms with E-state index in [0.717, 1.165) is 30.0 Å². The molecule has 0 aromatic heterocycles. The molecule has 3 amide bonds. The van der Waals surface area contributed by atoms with Crippen LogP contribution in [0.15, 0.2) is 47.4 Å². The summed E-state index contributed by atoms with van der Waals surface area (Å²) in [6.07, 6.45) is -4.08. The zero-order valence-corrected chi connectivity index (χ0v) is 16.5. The highest BCUT2D eigenvalue weighted by Crippen LogP contribution is 2.27. The number of nitrogens with one attached hydrogen (secondary N) is 2. The number of rotatable bonds is 8. The molecule has 0 saturated heterocycles. The van der Waals surface area contributed by atoms with Gasteiger partial charge in [0.15, 0.2) is 0 Å². The van der Waals surface area contributed by atoms with Gasteiger partial charge in [0.1, 0.15) is 17.2 Å². The first-order chi connectivity index (χ1) is 14.1. The fourth-order valence-corrected chi connectivity index (χ4v) is 2.87. The topological polar surface area (TPSA) is 67.4 Å². The normalized spacial score (nSPS) is 12.3. The SMILES string of the molecule is O=C(NC(=O)c1c(F)cccc1F)Nc1ccc(SCCOC(F)(F)C(F)Cl)cc1. The molecule has 0 saturated carbocycles. The molecule has 1 unspecified atom stereocenters. The first-order valence-corrected chi connectivity index (χ1v) is 9.61. The number of anilines is 1. The monoisotopic (exact) mass is 468 g/mol. The Morgan fingerprint density at radius 2 is 1.70 bits per heavy atom. The van der Waals surface area contributed by atoms with Crippen LogP contribution in [-0.4, -0.2) is 36.0 Å². The highest BCUT2D eigenvalue weighted by atomic mass is 35.5. The van der Waals surface area contributed by atoms with Crippen LogP contribution in [0, 0.1) is 11.6 Å². The summed E-state index contributed by atoms with van der Waals surface area (Å²) in [5.41, 5.74) is -3.58. The average molecular weight is 469 g/mol. The van der Waals surface area contributed by atoms with Crippen LogP contribution in [0.25, 0.3) is 0 Å². The van der Waals surface area contributed by atoms with Gasteiger partial charge in [-0.15, -0.1) is 11.8 Å². The molecule has 2 rings (SSSR count). The number of amides is 3. The number of thioether (sulfide) groups is 1. The Balaban J connectivity index is 1.82. The van der Waals surface area contributed by atoms with E-state index in [0.29, 0.717) is 4.90 Å². The van der Waals surface area contributed by atoms with Crippen molar-refractivity contribution in [3.63, 3.8) is 0 Å². The van der Waals surface area contributed by atoms with Crippen LogP contribution in [0.5, 0.6) is 0 Å². The van der Waals surface area contributed by atoms with E-state index in [-0.39, 0.29) is 11.4 Å². The number of ether oxygens (including phenoxy) is 1. The summed E-state index contributed by atoms with van der Waals surface area (Å²) in [7, 11) is 0. The third-order valence-corrected chi connectivity index (χ3v) is 4.66. The molecule has 2 aromatic carbocycles. The first-order valence-electron chi connectivity index (χ1n) is 8.19. The zero-order chi connectivity index (χ0) is 22.3. The molecule has 1 atom stereocenters. The summed E-state index contributed by atoms with van der Waals surface area (Å²) in [6, 6.07) is 7.79. The minimum Gasteiger partial charge on any atom is -0.316 e. The van der Waals surface area contributed by atoms with Crippen LogP contribution < -0.4 is 10.6 Å². The summed E-state index contributed by atoms with van der Waals surface area (Å²) in [4.78, 5) is 24.3. The zero-order valence-electron chi connectivity index (χ0n) is 14.9. The highest BCUT2D eigenvalue weighted by Gasteiger charge is 2.40. The molecule has 0 radical (unpaired) electrons. The van der Waals surface area contributed by atoms with Crippen molar-refractivity contribution in [3.05, 3.63) is 59.7 Å². The van der Waals surface area contributed by atoms with Crippen molar-refractivity contribution in [2.45, 2.75) is 16.6 Å². The molecule has 0 aliphatic rings. The molecule has 162 valence electrons. The summed E-state index contributed by atoms with van der Waals surface area (Å²) >= 11 is 5.78. The van der Waals surface area contributed by atoms with Crippen molar-refractivity contribution >= 4 is 41.0 Å². The van der Waals surface area contributed by atoms with Crippen molar-refractivity contribution in [3.8, 4) is 0 Å². The molecule has 2 N–H and O–H groups in total. The summed E-state index contributed by atoms with van der Waals surface area (Å²) in [5, 5.41) is 4.11. The molecule has 30 heavy (non-hydrogen) atoms. The van der Waals surface area contributed by atoms with Crippen molar-refractivity contribution in [1.29, 1.82) is 0 Å². The highest BCUT2D eigenvalue weighted by molar-refractivity contribution is 7.99. The fourth-order valence-electron chi connectivity index (χ4n) is 2.08. The maximum absolute atomic E-state index is 13.5. The van der Waals surface area contributed by atoms with E-state index >= 15 is 0 Å². The molecule has 0 aliphatic heterocycles. The fraction of sp³-hybridized carbons (Fsp3) is 0.222. The summed E-state index contributed by atoms with van der Waals surface area (Å²) in [6.45, 7) is -0.456. The van der Waals surface area contributed by atoms with Crippen LogP contribution in [0.3, 0.4) is 0 Å². The van der Waals surface area contributed by atoms with Gasteiger partial charge >= 0.3 is 12.1 Å². The van der Waals surface area contributed by atoms with E-state index in [2.05, 4.69) is 21.7 Å². The van der Waals surface area contributed by atoms with Crippen molar-refractivity contribution in [1.82, 2.24) is 5.32 Å². The molecular weight excluding hydrogens is 455 g/mol. The molecule has 0 bridgehead atoms. The van der Waals surface area contributed by atoms with Crippen LogP contribution in [0.2, 0.25) is 0 Å². The van der Waals surface area contributed by atoms with E-state index < -0.39 is 47.5 Å². The molecule has 0 aliphatic carbocycles. The van der Waals surface area contributed by atoms with Gasteiger partial charge in [-0.25, -0.2) is 18.0 Å². The average Bonchev–Trinajstić information content (AvgIpc) is 2.66. The van der Waals surface area contributed by atoms with Gasteiger partial charge < -0.3 is 10.1 Å². The number of imide groups is 1. The first kappa shape index (κ1) is 23.9. The van der Waals surface area contributed by atoms with Gasteiger partial charge in [0, 0.05) is 16.3 Å². The molecule has 0 heterocycles. The predicted octanol–water partition coefficient (Wildman–Crippen LogP) is 5.16. The van der Waals surface area contributed by atoms with Crippen LogP contribution >= 0.6 is 23.4 Å². The van der Waals surface area contributed by atoms with Crippen LogP contribution in [-0.2, 0) is 4.74 Å². The number of urea groups is 1. The predicted molar refractivity (Wildman–Crippen MR) is 102 cm³/mol. The molecule has 2 aromatic rings. The Morgan fingerprint density at radius 1 is 1.10 bits per heavy atom. The lowest BCUT2D eigenvalue weighted by molar-refractivity contribution is -0.253. The quantitative estimate of drug-likeness (QED) is 0.243. The van der Waals surface area contributed by atoms with E-state index in [1.54, 1.807) is 5.32 Å². The molecular formula is C18H14ClF5N2O3S. The summed E-state index contributed by atoms with van der Waals surface area (Å²) < 4.78 is 69.2. The van der Waals surface area contributed by atoms with Crippen LogP contribution in [0.4, 0.5) is 32.4 Å². The van der Waals surface area contributed by atoms with Gasteiger partial charge in [0.05, 0.1) is 6.61 Å². The van der Waals surface area contributed by atoms with Crippen molar-refractivity contribution < 1.29 is 36.3 Å². The number of benzene rings is 2. The molecule has 5 nitrogen and oxygen atoms in total. The number of halogens is 6.